The van der Waals surface area contributed by atoms with E-state index in [1.165, 1.54) is 11.1 Å². The predicted molar refractivity (Wildman–Crippen MR) is 99.6 cm³/mol. The Morgan fingerprint density at radius 3 is 2.92 bits per heavy atom. The summed E-state index contributed by atoms with van der Waals surface area (Å²) >= 11 is 0. The molecule has 1 N–H and O–H groups in total. The van der Waals surface area contributed by atoms with Crippen LogP contribution in [0.15, 0.2) is 36.7 Å². The smallest absolute Gasteiger partial charge is 0.127 e. The van der Waals surface area contributed by atoms with E-state index >= 15 is 0 Å². The minimum atomic E-state index is 0.0604. The molecule has 0 spiro atoms. The molecular weight excluding hydrogens is 328 g/mol. The van der Waals surface area contributed by atoms with Gasteiger partial charge in [0.15, 0.2) is 0 Å². The Kier molecular flexibility index (Phi) is 5.09. The maximum Gasteiger partial charge on any atom is 0.127 e. The summed E-state index contributed by atoms with van der Waals surface area (Å²) in [6.45, 7) is 3.65. The molecule has 5 heteroatoms. The molecule has 2 aliphatic heterocycles. The largest absolute Gasteiger partial charge is 0.497 e. The number of pyridine rings is 1. The summed E-state index contributed by atoms with van der Waals surface area (Å²) in [7, 11) is 1.71. The van der Waals surface area contributed by atoms with Crippen LogP contribution in [0.2, 0.25) is 0 Å². The third kappa shape index (κ3) is 3.55. The lowest BCUT2D eigenvalue weighted by atomic mass is 9.96. The van der Waals surface area contributed by atoms with Crippen LogP contribution < -0.4 is 14.8 Å². The number of fused-ring (bicyclic) bond motifs is 1. The lowest BCUT2D eigenvalue weighted by Gasteiger charge is -2.33. The number of methoxy groups -OCH3 is 1. The first-order chi connectivity index (χ1) is 12.7. The van der Waals surface area contributed by atoms with E-state index in [4.69, 9.17) is 14.2 Å². The molecule has 1 aromatic carbocycles. The van der Waals surface area contributed by atoms with Crippen molar-refractivity contribution in [2.75, 3.05) is 13.7 Å². The molecule has 3 atom stereocenters. The second-order valence-corrected chi connectivity index (χ2v) is 7.11. The van der Waals surface area contributed by atoms with Gasteiger partial charge < -0.3 is 19.5 Å². The zero-order valence-corrected chi connectivity index (χ0v) is 15.4. The van der Waals surface area contributed by atoms with Gasteiger partial charge in [-0.2, -0.15) is 0 Å². The summed E-state index contributed by atoms with van der Waals surface area (Å²) in [6, 6.07) is 8.52. The van der Waals surface area contributed by atoms with Crippen molar-refractivity contribution in [2.24, 2.45) is 0 Å². The number of nitrogens with zero attached hydrogens (tertiary/aromatic N) is 1. The molecule has 0 bridgehead atoms. The molecule has 2 aromatic rings. The predicted octanol–water partition coefficient (Wildman–Crippen LogP) is 3.42. The monoisotopic (exact) mass is 354 g/mol. The molecule has 26 heavy (non-hydrogen) atoms. The van der Waals surface area contributed by atoms with Crippen molar-refractivity contribution >= 4 is 0 Å². The molecule has 1 saturated heterocycles. The highest BCUT2D eigenvalue weighted by Crippen LogP contribution is 2.37. The average Bonchev–Trinajstić information content (AvgIpc) is 3.07. The Hall–Kier alpha value is -2.11. The number of aromatic nitrogens is 1. The summed E-state index contributed by atoms with van der Waals surface area (Å²) in [4.78, 5) is 4.12. The fourth-order valence-corrected chi connectivity index (χ4v) is 3.94. The third-order valence-corrected chi connectivity index (χ3v) is 5.19. The van der Waals surface area contributed by atoms with Crippen molar-refractivity contribution in [1.82, 2.24) is 10.3 Å². The highest BCUT2D eigenvalue weighted by molar-refractivity contribution is 5.49. The first-order valence-corrected chi connectivity index (χ1v) is 9.36. The van der Waals surface area contributed by atoms with Gasteiger partial charge >= 0.3 is 0 Å². The number of ether oxygens (including phenoxy) is 3. The second kappa shape index (κ2) is 7.64. The van der Waals surface area contributed by atoms with E-state index in [-0.39, 0.29) is 18.2 Å². The molecule has 1 aromatic heterocycles. The topological polar surface area (TPSA) is 52.6 Å². The molecule has 1 fully saturated rings. The van der Waals surface area contributed by atoms with E-state index < -0.39 is 0 Å². The summed E-state index contributed by atoms with van der Waals surface area (Å²) in [5.41, 5.74) is 3.57. The molecule has 3 heterocycles. The maximum absolute atomic E-state index is 6.07. The lowest BCUT2D eigenvalue weighted by molar-refractivity contribution is -0.0113. The Labute approximate surface area is 154 Å². The van der Waals surface area contributed by atoms with Crippen LogP contribution in [0.3, 0.4) is 0 Å². The number of benzene rings is 1. The van der Waals surface area contributed by atoms with E-state index in [1.54, 1.807) is 7.11 Å². The number of hydrogen-bond acceptors (Lipinski definition) is 5. The molecule has 0 aliphatic carbocycles. The van der Waals surface area contributed by atoms with Crippen molar-refractivity contribution in [3.8, 4) is 11.5 Å². The first-order valence-electron chi connectivity index (χ1n) is 9.36. The van der Waals surface area contributed by atoms with Crippen LogP contribution in [0, 0.1) is 0 Å². The lowest BCUT2D eigenvalue weighted by Crippen LogP contribution is -2.39. The molecule has 0 radical (unpaired) electrons. The highest BCUT2D eigenvalue weighted by atomic mass is 16.5. The van der Waals surface area contributed by atoms with Gasteiger partial charge in [-0.1, -0.05) is 0 Å². The molecule has 0 unspecified atom stereocenters. The molecule has 0 saturated carbocycles. The molecule has 0 amide bonds. The van der Waals surface area contributed by atoms with E-state index in [2.05, 4.69) is 29.4 Å². The van der Waals surface area contributed by atoms with Crippen molar-refractivity contribution in [2.45, 2.75) is 51.0 Å². The Bertz CT molecular complexity index is 750. The third-order valence-electron chi connectivity index (χ3n) is 5.19. The van der Waals surface area contributed by atoms with Crippen molar-refractivity contribution < 1.29 is 14.2 Å². The Balaban J connectivity index is 1.52. The number of nitrogens with one attached hydrogen (secondary N) is 1. The van der Waals surface area contributed by atoms with Gasteiger partial charge in [0.2, 0.25) is 0 Å². The van der Waals surface area contributed by atoms with Gasteiger partial charge in [0.05, 0.1) is 13.2 Å². The summed E-state index contributed by atoms with van der Waals surface area (Å²) in [5, 5.41) is 3.70. The standard InChI is InChI=1S/C21H26N2O3/c1-14-10-16-11-18(24-2)12-17(20(16)26-14)13-23-19-4-3-9-25-21(19)15-5-7-22-8-6-15/h5-8,11-12,14,19,21,23H,3-4,9-10,13H2,1-2H3/t14-,19-,21+/m0/s1. The molecule has 5 nitrogen and oxygen atoms in total. The van der Waals surface area contributed by atoms with Crippen LogP contribution in [0.5, 0.6) is 11.5 Å². The number of rotatable bonds is 5. The molecule has 138 valence electrons. The summed E-state index contributed by atoms with van der Waals surface area (Å²) in [5.74, 6) is 1.91. The van der Waals surface area contributed by atoms with Gasteiger partial charge in [-0.15, -0.1) is 0 Å². The first kappa shape index (κ1) is 17.3. The minimum Gasteiger partial charge on any atom is -0.497 e. The van der Waals surface area contributed by atoms with Crippen molar-refractivity contribution in [1.29, 1.82) is 0 Å². The van der Waals surface area contributed by atoms with Gasteiger partial charge in [-0.25, -0.2) is 0 Å². The van der Waals surface area contributed by atoms with Gasteiger partial charge in [-0.3, -0.25) is 4.98 Å². The zero-order valence-electron chi connectivity index (χ0n) is 15.4. The highest BCUT2D eigenvalue weighted by Gasteiger charge is 2.28. The fourth-order valence-electron chi connectivity index (χ4n) is 3.94. The van der Waals surface area contributed by atoms with E-state index in [0.29, 0.717) is 0 Å². The zero-order chi connectivity index (χ0) is 17.9. The Morgan fingerprint density at radius 2 is 2.12 bits per heavy atom. The van der Waals surface area contributed by atoms with Crippen molar-refractivity contribution in [3.05, 3.63) is 53.3 Å². The minimum absolute atomic E-state index is 0.0604. The van der Waals surface area contributed by atoms with Gasteiger partial charge in [0.25, 0.3) is 0 Å². The van der Waals surface area contributed by atoms with Crippen LogP contribution in [-0.4, -0.2) is 30.8 Å². The summed E-state index contributed by atoms with van der Waals surface area (Å²) < 4.78 is 17.6. The Morgan fingerprint density at radius 1 is 1.27 bits per heavy atom. The van der Waals surface area contributed by atoms with E-state index in [1.807, 2.05) is 24.5 Å². The summed E-state index contributed by atoms with van der Waals surface area (Å²) in [6.07, 6.45) is 7.04. The SMILES string of the molecule is COc1cc(CN[C@H]2CCCO[C@@H]2c2ccncc2)c2c(c1)C[C@H](C)O2. The van der Waals surface area contributed by atoms with Gasteiger partial charge in [-0.05, 0) is 49.6 Å². The number of hydrogen-bond donors (Lipinski definition) is 1. The molecular formula is C21H26N2O3. The van der Waals surface area contributed by atoms with Gasteiger partial charge in [0.1, 0.15) is 17.6 Å². The van der Waals surface area contributed by atoms with Crippen LogP contribution in [-0.2, 0) is 17.7 Å². The molecule has 2 aliphatic rings. The normalized spacial score (nSPS) is 24.8. The second-order valence-electron chi connectivity index (χ2n) is 7.11. The van der Waals surface area contributed by atoms with Gasteiger partial charge in [0, 0.05) is 49.1 Å². The van der Waals surface area contributed by atoms with Crippen LogP contribution in [0.4, 0.5) is 0 Å². The average molecular weight is 354 g/mol. The van der Waals surface area contributed by atoms with Crippen molar-refractivity contribution in [3.63, 3.8) is 0 Å². The quantitative estimate of drug-likeness (QED) is 0.892. The van der Waals surface area contributed by atoms with Crippen LogP contribution in [0.1, 0.15) is 42.6 Å². The maximum atomic E-state index is 6.07. The van der Waals surface area contributed by atoms with E-state index in [9.17, 15) is 0 Å². The van der Waals surface area contributed by atoms with E-state index in [0.717, 1.165) is 49.5 Å². The van der Waals surface area contributed by atoms with Crippen LogP contribution in [0.25, 0.3) is 0 Å². The van der Waals surface area contributed by atoms with Crippen LogP contribution >= 0.6 is 0 Å². The molecule has 4 rings (SSSR count). The fraction of sp³-hybridized carbons (Fsp3) is 0.476.